The molecule has 0 radical (unpaired) electrons. The summed E-state index contributed by atoms with van der Waals surface area (Å²) in [6.45, 7) is 2.91. The first kappa shape index (κ1) is 19.7. The van der Waals surface area contributed by atoms with Gasteiger partial charge in [0.15, 0.2) is 0 Å². The minimum absolute atomic E-state index is 0.0520. The lowest BCUT2D eigenvalue weighted by atomic mass is 9.67. The molecule has 0 heterocycles. The largest absolute Gasteiger partial charge is 0.508 e. The molecule has 4 rings (SSSR count). The molecule has 2 N–H and O–H groups in total. The quantitative estimate of drug-likeness (QED) is 0.680. The zero-order chi connectivity index (χ0) is 20.6. The Morgan fingerprint density at radius 1 is 1.00 bits per heavy atom. The van der Waals surface area contributed by atoms with E-state index in [-0.39, 0.29) is 11.7 Å². The Kier molecular flexibility index (Phi) is 5.20. The van der Waals surface area contributed by atoms with Gasteiger partial charge in [0.05, 0.1) is 0 Å². The van der Waals surface area contributed by atoms with E-state index in [4.69, 9.17) is 0 Å². The van der Waals surface area contributed by atoms with Gasteiger partial charge in [-0.2, -0.15) is 0 Å². The van der Waals surface area contributed by atoms with Crippen molar-refractivity contribution in [1.29, 1.82) is 0 Å². The Morgan fingerprint density at radius 3 is 2.52 bits per heavy atom. The maximum Gasteiger partial charge on any atom is 0.119 e. The molecule has 0 spiro atoms. The predicted octanol–water partition coefficient (Wildman–Crippen LogP) is 4.73. The van der Waals surface area contributed by atoms with Crippen LogP contribution in [0.4, 0.5) is 0 Å². The maximum absolute atomic E-state index is 12.1. The third kappa shape index (κ3) is 3.57. The van der Waals surface area contributed by atoms with E-state index in [2.05, 4.69) is 54.3 Å². The van der Waals surface area contributed by atoms with Crippen LogP contribution in [0.25, 0.3) is 11.1 Å². The number of aryl methyl sites for hydroxylation is 2. The fourth-order valence-corrected chi connectivity index (χ4v) is 4.79. The van der Waals surface area contributed by atoms with Gasteiger partial charge < -0.3 is 15.1 Å². The van der Waals surface area contributed by atoms with Gasteiger partial charge in [0.2, 0.25) is 0 Å². The van der Waals surface area contributed by atoms with Crippen LogP contribution in [-0.4, -0.2) is 35.8 Å². The number of rotatable bonds is 4. The van der Waals surface area contributed by atoms with E-state index in [9.17, 15) is 10.2 Å². The van der Waals surface area contributed by atoms with Crippen LogP contribution < -0.4 is 0 Å². The summed E-state index contributed by atoms with van der Waals surface area (Å²) >= 11 is 0. The average molecular weight is 388 g/mol. The lowest BCUT2D eigenvalue weighted by Gasteiger charge is -2.43. The highest BCUT2D eigenvalue weighted by Crippen LogP contribution is 2.46. The van der Waals surface area contributed by atoms with E-state index in [1.54, 1.807) is 12.1 Å². The Hall–Kier alpha value is -2.62. The van der Waals surface area contributed by atoms with Crippen LogP contribution >= 0.6 is 0 Å². The number of benzene rings is 3. The topological polar surface area (TPSA) is 43.7 Å². The van der Waals surface area contributed by atoms with Gasteiger partial charge in [-0.15, -0.1) is 0 Å². The van der Waals surface area contributed by atoms with Crippen molar-refractivity contribution in [3.8, 4) is 16.9 Å². The fourth-order valence-electron chi connectivity index (χ4n) is 4.79. The van der Waals surface area contributed by atoms with Gasteiger partial charge in [-0.3, -0.25) is 0 Å². The Morgan fingerprint density at radius 2 is 1.79 bits per heavy atom. The highest BCUT2D eigenvalue weighted by molar-refractivity contribution is 5.69. The number of hydrogen-bond acceptors (Lipinski definition) is 3. The molecule has 0 bridgehead atoms. The molecular formula is C26H29NO2. The molecule has 3 nitrogen and oxygen atoms in total. The lowest BCUT2D eigenvalue weighted by molar-refractivity contribution is -0.00649. The third-order valence-corrected chi connectivity index (χ3v) is 6.20. The second-order valence-electron chi connectivity index (χ2n) is 8.50. The summed E-state index contributed by atoms with van der Waals surface area (Å²) in [6.07, 6.45) is 1.84. The smallest absolute Gasteiger partial charge is 0.119 e. The predicted molar refractivity (Wildman–Crippen MR) is 118 cm³/mol. The van der Waals surface area contributed by atoms with Crippen LogP contribution in [0.3, 0.4) is 0 Å². The van der Waals surface area contributed by atoms with Crippen LogP contribution in [0.5, 0.6) is 5.75 Å². The van der Waals surface area contributed by atoms with Crippen molar-refractivity contribution in [3.63, 3.8) is 0 Å². The zero-order valence-electron chi connectivity index (χ0n) is 17.4. The number of hydrogen-bond donors (Lipinski definition) is 2. The van der Waals surface area contributed by atoms with Crippen LogP contribution in [0.15, 0.2) is 66.7 Å². The SMILES string of the molecule is Cc1ccccc1-c1ccc2c(c1)CC[C@H](CN(C)C)[C@@]2(O)c1cccc(O)c1. The number of aromatic hydroxyl groups is 1. The molecule has 0 saturated carbocycles. The van der Waals surface area contributed by atoms with Gasteiger partial charge in [-0.05, 0) is 79.4 Å². The average Bonchev–Trinajstić information content (AvgIpc) is 2.70. The first-order valence-electron chi connectivity index (χ1n) is 10.3. The number of nitrogens with zero attached hydrogens (tertiary/aromatic N) is 1. The summed E-state index contributed by atoms with van der Waals surface area (Å²) in [6, 6.07) is 21.9. The number of phenols is 1. The summed E-state index contributed by atoms with van der Waals surface area (Å²) in [5.74, 6) is 0.235. The molecule has 3 aromatic rings. The minimum Gasteiger partial charge on any atom is -0.508 e. The van der Waals surface area contributed by atoms with Crippen molar-refractivity contribution in [2.24, 2.45) is 5.92 Å². The second-order valence-corrected chi connectivity index (χ2v) is 8.50. The van der Waals surface area contributed by atoms with Crippen LogP contribution in [0, 0.1) is 12.8 Å². The van der Waals surface area contributed by atoms with Gasteiger partial charge in [-0.25, -0.2) is 0 Å². The van der Waals surface area contributed by atoms with E-state index in [0.717, 1.165) is 30.5 Å². The van der Waals surface area contributed by atoms with Crippen molar-refractivity contribution in [2.45, 2.75) is 25.4 Å². The second kappa shape index (κ2) is 7.66. The first-order chi connectivity index (χ1) is 13.9. The Bertz CT molecular complexity index is 1030. The molecule has 3 heteroatoms. The molecule has 150 valence electrons. The van der Waals surface area contributed by atoms with Crippen molar-refractivity contribution in [3.05, 3.63) is 89.0 Å². The van der Waals surface area contributed by atoms with E-state index in [1.165, 1.54) is 22.3 Å². The first-order valence-corrected chi connectivity index (χ1v) is 10.3. The molecule has 3 aromatic carbocycles. The Labute approximate surface area is 173 Å². The van der Waals surface area contributed by atoms with Crippen molar-refractivity contribution >= 4 is 0 Å². The third-order valence-electron chi connectivity index (χ3n) is 6.20. The summed E-state index contributed by atoms with van der Waals surface area (Å²) in [7, 11) is 4.08. The highest BCUT2D eigenvalue weighted by Gasteiger charge is 2.44. The fraction of sp³-hybridized carbons (Fsp3) is 0.308. The van der Waals surface area contributed by atoms with E-state index in [0.29, 0.717) is 0 Å². The standard InChI is InChI=1S/C26H29NO2/c1-18-7-4-5-10-24(18)19-12-14-25-20(15-19)11-13-22(17-27(2)3)26(25,29)21-8-6-9-23(28)16-21/h4-10,12,14-16,22,28-29H,11,13,17H2,1-3H3/t22-,26+/m1/s1. The summed E-state index contributed by atoms with van der Waals surface area (Å²) in [4.78, 5) is 2.13. The minimum atomic E-state index is -1.12. The van der Waals surface area contributed by atoms with Crippen molar-refractivity contribution in [2.75, 3.05) is 20.6 Å². The molecule has 29 heavy (non-hydrogen) atoms. The van der Waals surface area contributed by atoms with Crippen LogP contribution in [0.2, 0.25) is 0 Å². The Balaban J connectivity index is 1.86. The monoisotopic (exact) mass is 387 g/mol. The van der Waals surface area contributed by atoms with Gasteiger partial charge in [0.1, 0.15) is 11.4 Å². The summed E-state index contributed by atoms with van der Waals surface area (Å²) in [5.41, 5.74) is 5.44. The zero-order valence-corrected chi connectivity index (χ0v) is 17.4. The van der Waals surface area contributed by atoms with E-state index < -0.39 is 5.60 Å². The maximum atomic E-state index is 12.1. The van der Waals surface area contributed by atoms with Gasteiger partial charge in [0, 0.05) is 12.5 Å². The van der Waals surface area contributed by atoms with Crippen LogP contribution in [-0.2, 0) is 12.0 Å². The van der Waals surface area contributed by atoms with Gasteiger partial charge >= 0.3 is 0 Å². The number of fused-ring (bicyclic) bond motifs is 1. The summed E-state index contributed by atoms with van der Waals surface area (Å²) in [5, 5.41) is 22.2. The van der Waals surface area contributed by atoms with Crippen LogP contribution in [0.1, 0.15) is 28.7 Å². The molecular weight excluding hydrogens is 358 g/mol. The highest BCUT2D eigenvalue weighted by atomic mass is 16.3. The molecule has 0 aliphatic heterocycles. The molecule has 2 atom stereocenters. The van der Waals surface area contributed by atoms with Crippen molar-refractivity contribution < 1.29 is 10.2 Å². The molecule has 1 aliphatic carbocycles. The van der Waals surface area contributed by atoms with Crippen molar-refractivity contribution in [1.82, 2.24) is 4.90 Å². The number of phenolic OH excluding ortho intramolecular Hbond substituents is 1. The van der Waals surface area contributed by atoms with Gasteiger partial charge in [0.25, 0.3) is 0 Å². The molecule has 0 fully saturated rings. The molecule has 0 amide bonds. The molecule has 0 saturated heterocycles. The van der Waals surface area contributed by atoms with E-state index in [1.807, 2.05) is 26.2 Å². The van der Waals surface area contributed by atoms with Gasteiger partial charge in [-0.1, -0.05) is 54.6 Å². The molecule has 1 aliphatic rings. The summed E-state index contributed by atoms with van der Waals surface area (Å²) < 4.78 is 0. The molecule has 0 unspecified atom stereocenters. The number of aliphatic hydroxyl groups is 1. The lowest BCUT2D eigenvalue weighted by Crippen LogP contribution is -2.45. The van der Waals surface area contributed by atoms with E-state index >= 15 is 0 Å². The normalized spacial score (nSPS) is 21.2. The molecule has 0 aromatic heterocycles.